The zero-order valence-corrected chi connectivity index (χ0v) is 15.3. The third kappa shape index (κ3) is 3.92. The number of carbonyl (C=O) groups is 1. The van der Waals surface area contributed by atoms with E-state index in [0.717, 1.165) is 0 Å². The summed E-state index contributed by atoms with van der Waals surface area (Å²) >= 11 is 18.5. The van der Waals surface area contributed by atoms with Gasteiger partial charge >= 0.3 is 5.97 Å². The Morgan fingerprint density at radius 3 is 2.38 bits per heavy atom. The maximum absolute atomic E-state index is 12.2. The molecule has 21 heavy (non-hydrogen) atoms. The summed E-state index contributed by atoms with van der Waals surface area (Å²) in [5.74, 6) is 0.304. The van der Waals surface area contributed by atoms with Crippen LogP contribution in [0.25, 0.3) is 0 Å². The molecule has 0 saturated heterocycles. The first-order valence-electron chi connectivity index (χ1n) is 5.62. The molecule has 0 aliphatic rings. The molecule has 2 aromatic rings. The van der Waals surface area contributed by atoms with Crippen LogP contribution in [0, 0.1) is 0 Å². The summed E-state index contributed by atoms with van der Waals surface area (Å²) in [7, 11) is 1.54. The summed E-state index contributed by atoms with van der Waals surface area (Å²) in [6.07, 6.45) is 0. The van der Waals surface area contributed by atoms with Crippen LogP contribution in [0.5, 0.6) is 11.5 Å². The van der Waals surface area contributed by atoms with Gasteiger partial charge in [-0.3, -0.25) is 0 Å². The molecule has 0 saturated carbocycles. The van der Waals surface area contributed by atoms with Gasteiger partial charge in [0.05, 0.1) is 26.6 Å². The lowest BCUT2D eigenvalue weighted by atomic mass is 10.2. The molecule has 0 radical (unpaired) electrons. The van der Waals surface area contributed by atoms with Gasteiger partial charge in [-0.2, -0.15) is 0 Å². The van der Waals surface area contributed by atoms with Crippen LogP contribution in [0.15, 0.2) is 39.3 Å². The van der Waals surface area contributed by atoms with Gasteiger partial charge in [0, 0.05) is 5.02 Å². The Balaban J connectivity index is 2.28. The van der Waals surface area contributed by atoms with E-state index < -0.39 is 5.97 Å². The van der Waals surface area contributed by atoms with Crippen molar-refractivity contribution in [2.45, 2.75) is 0 Å². The minimum absolute atomic E-state index is 0.220. The van der Waals surface area contributed by atoms with Crippen molar-refractivity contribution in [3.05, 3.63) is 54.9 Å². The summed E-state index contributed by atoms with van der Waals surface area (Å²) in [5, 5.41) is 0.689. The Bertz CT molecular complexity index is 682. The average Bonchev–Trinajstić information content (AvgIpc) is 2.42. The second kappa shape index (κ2) is 7.01. The fourth-order valence-electron chi connectivity index (χ4n) is 1.57. The van der Waals surface area contributed by atoms with Gasteiger partial charge < -0.3 is 9.47 Å². The first-order valence-corrected chi connectivity index (χ1v) is 7.97. The van der Waals surface area contributed by atoms with Crippen LogP contribution >= 0.6 is 55.1 Å². The normalized spacial score (nSPS) is 10.3. The molecule has 0 aromatic heterocycles. The van der Waals surface area contributed by atoms with Gasteiger partial charge in [0.25, 0.3) is 0 Å². The predicted octanol–water partition coefficient (Wildman–Crippen LogP) is 5.75. The Morgan fingerprint density at radius 1 is 1.10 bits per heavy atom. The molecule has 2 rings (SSSR count). The molecule has 0 bridgehead atoms. The molecule has 0 spiro atoms. The lowest BCUT2D eigenvalue weighted by Crippen LogP contribution is -2.09. The number of halogens is 4. The molecule has 0 amide bonds. The Morgan fingerprint density at radius 2 is 1.81 bits per heavy atom. The molecule has 3 nitrogen and oxygen atoms in total. The molecule has 110 valence electrons. The molecular formula is C14H8Br2Cl2O3. The number of ether oxygens (including phenoxy) is 2. The highest BCUT2D eigenvalue weighted by atomic mass is 79.9. The highest BCUT2D eigenvalue weighted by Crippen LogP contribution is 2.36. The Hall–Kier alpha value is -0.750. The van der Waals surface area contributed by atoms with Gasteiger partial charge in [0.1, 0.15) is 5.75 Å². The van der Waals surface area contributed by atoms with Gasteiger partial charge in [0.15, 0.2) is 5.75 Å². The lowest BCUT2D eigenvalue weighted by Gasteiger charge is -2.10. The van der Waals surface area contributed by atoms with Crippen molar-refractivity contribution < 1.29 is 14.3 Å². The van der Waals surface area contributed by atoms with Gasteiger partial charge in [-0.05, 0) is 62.2 Å². The van der Waals surface area contributed by atoms with E-state index in [-0.39, 0.29) is 10.8 Å². The van der Waals surface area contributed by atoms with Gasteiger partial charge in [-0.15, -0.1) is 0 Å². The molecule has 0 aliphatic heterocycles. The average molecular weight is 455 g/mol. The summed E-state index contributed by atoms with van der Waals surface area (Å²) < 4.78 is 11.6. The van der Waals surface area contributed by atoms with Crippen LogP contribution in [-0.2, 0) is 0 Å². The number of rotatable bonds is 3. The van der Waals surface area contributed by atoms with Crippen molar-refractivity contribution in [3.63, 3.8) is 0 Å². The SMILES string of the molecule is COc1ccc(C(=O)Oc2c(Cl)cc(Cl)cc2Br)cc1Br. The number of hydrogen-bond donors (Lipinski definition) is 0. The molecule has 0 heterocycles. The van der Waals surface area contributed by atoms with Crippen molar-refractivity contribution in [2.24, 2.45) is 0 Å². The molecule has 0 aliphatic carbocycles. The number of hydrogen-bond acceptors (Lipinski definition) is 3. The van der Waals surface area contributed by atoms with Gasteiger partial charge in [-0.25, -0.2) is 4.79 Å². The predicted molar refractivity (Wildman–Crippen MR) is 89.8 cm³/mol. The monoisotopic (exact) mass is 452 g/mol. The number of methoxy groups -OCH3 is 1. The smallest absolute Gasteiger partial charge is 0.343 e. The Labute approximate surface area is 148 Å². The minimum Gasteiger partial charge on any atom is -0.496 e. The molecule has 2 aromatic carbocycles. The van der Waals surface area contributed by atoms with Crippen LogP contribution in [0.4, 0.5) is 0 Å². The zero-order valence-electron chi connectivity index (χ0n) is 10.6. The summed E-state index contributed by atoms with van der Waals surface area (Å²) in [4.78, 5) is 12.2. The summed E-state index contributed by atoms with van der Waals surface area (Å²) in [5.41, 5.74) is 0.362. The number of benzene rings is 2. The van der Waals surface area contributed by atoms with E-state index in [0.29, 0.717) is 25.3 Å². The van der Waals surface area contributed by atoms with E-state index in [4.69, 9.17) is 32.7 Å². The molecular weight excluding hydrogens is 447 g/mol. The zero-order chi connectivity index (χ0) is 15.6. The fraction of sp³-hybridized carbons (Fsp3) is 0.0714. The highest BCUT2D eigenvalue weighted by molar-refractivity contribution is 9.10. The van der Waals surface area contributed by atoms with Crippen molar-refractivity contribution in [1.82, 2.24) is 0 Å². The van der Waals surface area contributed by atoms with Crippen molar-refractivity contribution in [3.8, 4) is 11.5 Å². The highest BCUT2D eigenvalue weighted by Gasteiger charge is 2.16. The third-order valence-corrected chi connectivity index (χ3v) is 4.25. The molecule has 0 atom stereocenters. The lowest BCUT2D eigenvalue weighted by molar-refractivity contribution is 0.0733. The minimum atomic E-state index is -0.539. The van der Waals surface area contributed by atoms with Crippen molar-refractivity contribution in [2.75, 3.05) is 7.11 Å². The Kier molecular flexibility index (Phi) is 5.54. The van der Waals surface area contributed by atoms with Crippen LogP contribution in [-0.4, -0.2) is 13.1 Å². The summed E-state index contributed by atoms with van der Waals surface area (Å²) in [6.45, 7) is 0. The largest absolute Gasteiger partial charge is 0.496 e. The van der Waals surface area contributed by atoms with E-state index in [1.807, 2.05) is 0 Å². The topological polar surface area (TPSA) is 35.5 Å². The second-order valence-electron chi connectivity index (χ2n) is 3.94. The van der Waals surface area contributed by atoms with Crippen LogP contribution in [0.2, 0.25) is 10.0 Å². The molecule has 0 unspecified atom stereocenters. The van der Waals surface area contributed by atoms with Gasteiger partial charge in [-0.1, -0.05) is 23.2 Å². The maximum atomic E-state index is 12.2. The van der Waals surface area contributed by atoms with E-state index in [1.165, 1.54) is 6.07 Å². The molecule has 7 heteroatoms. The first-order chi connectivity index (χ1) is 9.92. The second-order valence-corrected chi connectivity index (χ2v) is 6.49. The van der Waals surface area contributed by atoms with E-state index in [9.17, 15) is 4.79 Å². The quantitative estimate of drug-likeness (QED) is 0.438. The summed E-state index contributed by atoms with van der Waals surface area (Å²) in [6, 6.07) is 7.97. The third-order valence-electron chi connectivity index (χ3n) is 2.55. The van der Waals surface area contributed by atoms with Crippen LogP contribution in [0.1, 0.15) is 10.4 Å². The van der Waals surface area contributed by atoms with Crippen LogP contribution < -0.4 is 9.47 Å². The molecule has 0 N–H and O–H groups in total. The fourth-order valence-corrected chi connectivity index (χ4v) is 3.43. The van der Waals surface area contributed by atoms with Crippen molar-refractivity contribution >= 4 is 61.0 Å². The first kappa shape index (κ1) is 16.6. The van der Waals surface area contributed by atoms with E-state index >= 15 is 0 Å². The number of carbonyl (C=O) groups excluding carboxylic acids is 1. The maximum Gasteiger partial charge on any atom is 0.343 e. The van der Waals surface area contributed by atoms with Crippen molar-refractivity contribution in [1.29, 1.82) is 0 Å². The standard InChI is InChI=1S/C14H8Br2Cl2O3/c1-20-12-3-2-7(4-9(12)15)14(19)21-13-10(16)5-8(17)6-11(13)18/h2-6H,1H3. The van der Waals surface area contributed by atoms with Gasteiger partial charge in [0.2, 0.25) is 0 Å². The van der Waals surface area contributed by atoms with E-state index in [2.05, 4.69) is 31.9 Å². The molecule has 0 fully saturated rings. The van der Waals surface area contributed by atoms with Crippen LogP contribution in [0.3, 0.4) is 0 Å². The van der Waals surface area contributed by atoms with E-state index in [1.54, 1.807) is 31.4 Å². The number of esters is 1.